The molecule has 0 atom stereocenters. The molecular formula is C15H10INOS. The number of hydrogen-bond acceptors (Lipinski definition) is 3. The van der Waals surface area contributed by atoms with Crippen molar-refractivity contribution in [3.8, 4) is 0 Å². The summed E-state index contributed by atoms with van der Waals surface area (Å²) >= 11 is 3.68. The number of nitrogen functional groups attached to an aromatic ring is 1. The third kappa shape index (κ3) is 2.26. The van der Waals surface area contributed by atoms with E-state index in [9.17, 15) is 4.79 Å². The molecule has 2 aromatic carbocycles. The maximum atomic E-state index is 12.6. The van der Waals surface area contributed by atoms with Gasteiger partial charge < -0.3 is 5.73 Å². The molecule has 0 bridgehead atoms. The minimum absolute atomic E-state index is 0.00801. The second-order valence-corrected chi connectivity index (χ2v) is 6.50. The van der Waals surface area contributed by atoms with E-state index in [1.807, 2.05) is 48.5 Å². The Morgan fingerprint density at radius 2 is 1.74 bits per heavy atom. The maximum absolute atomic E-state index is 12.6. The van der Waals surface area contributed by atoms with Crippen LogP contribution in [0.3, 0.4) is 0 Å². The molecule has 94 valence electrons. The topological polar surface area (TPSA) is 43.1 Å². The summed E-state index contributed by atoms with van der Waals surface area (Å²) in [5.41, 5.74) is 7.32. The van der Waals surface area contributed by atoms with Crippen LogP contribution in [0.5, 0.6) is 0 Å². The highest BCUT2D eigenvalue weighted by Crippen LogP contribution is 2.34. The molecular weight excluding hydrogens is 369 g/mol. The molecule has 1 aromatic heterocycles. The van der Waals surface area contributed by atoms with Crippen molar-refractivity contribution in [1.82, 2.24) is 0 Å². The van der Waals surface area contributed by atoms with Gasteiger partial charge in [-0.05, 0) is 52.9 Å². The van der Waals surface area contributed by atoms with Crippen LogP contribution in [0, 0.1) is 3.57 Å². The zero-order valence-electron chi connectivity index (χ0n) is 9.89. The number of benzene rings is 2. The predicted octanol–water partition coefficient (Wildman–Crippen LogP) is 4.32. The van der Waals surface area contributed by atoms with E-state index >= 15 is 0 Å². The Morgan fingerprint density at radius 1 is 1.05 bits per heavy atom. The number of nitrogens with two attached hydrogens (primary N) is 1. The Balaban J connectivity index is 2.16. The van der Waals surface area contributed by atoms with Crippen LogP contribution in [0.1, 0.15) is 15.9 Å². The van der Waals surface area contributed by atoms with Gasteiger partial charge in [0.15, 0.2) is 5.78 Å². The standard InChI is InChI=1S/C15H10INOS/c16-10-7-5-9(6-8-10)14(18)13-11-3-1-2-4-12(11)19-15(13)17/h1-8H,17H2. The molecule has 4 heteroatoms. The molecule has 3 rings (SSSR count). The molecule has 0 amide bonds. The number of carbonyl (C=O) groups is 1. The largest absolute Gasteiger partial charge is 0.390 e. The summed E-state index contributed by atoms with van der Waals surface area (Å²) < 4.78 is 2.16. The first kappa shape index (κ1) is 12.6. The summed E-state index contributed by atoms with van der Waals surface area (Å²) in [6.45, 7) is 0. The number of fused-ring (bicyclic) bond motifs is 1. The molecule has 2 nitrogen and oxygen atoms in total. The van der Waals surface area contributed by atoms with Gasteiger partial charge in [-0.2, -0.15) is 0 Å². The van der Waals surface area contributed by atoms with Crippen molar-refractivity contribution in [3.05, 3.63) is 63.2 Å². The molecule has 3 aromatic rings. The third-order valence-corrected chi connectivity index (χ3v) is 4.68. The molecule has 0 unspecified atom stereocenters. The first-order valence-corrected chi connectivity index (χ1v) is 7.63. The number of thiophene rings is 1. The summed E-state index contributed by atoms with van der Waals surface area (Å²) in [4.78, 5) is 12.6. The number of ketones is 1. The third-order valence-electron chi connectivity index (χ3n) is 2.96. The lowest BCUT2D eigenvalue weighted by Gasteiger charge is -2.01. The number of halogens is 1. The van der Waals surface area contributed by atoms with Crippen molar-refractivity contribution in [3.63, 3.8) is 0 Å². The van der Waals surface area contributed by atoms with Crippen LogP contribution >= 0.6 is 33.9 Å². The van der Waals surface area contributed by atoms with E-state index in [2.05, 4.69) is 22.6 Å². The fraction of sp³-hybridized carbons (Fsp3) is 0. The summed E-state index contributed by atoms with van der Waals surface area (Å²) in [5, 5.41) is 1.53. The fourth-order valence-electron chi connectivity index (χ4n) is 2.04. The highest BCUT2D eigenvalue weighted by molar-refractivity contribution is 14.1. The Bertz CT molecular complexity index is 761. The van der Waals surface area contributed by atoms with Crippen molar-refractivity contribution < 1.29 is 4.79 Å². The van der Waals surface area contributed by atoms with Gasteiger partial charge in [-0.3, -0.25) is 4.79 Å². The van der Waals surface area contributed by atoms with Gasteiger partial charge in [-0.15, -0.1) is 11.3 Å². The van der Waals surface area contributed by atoms with Gasteiger partial charge in [0, 0.05) is 19.2 Å². The number of hydrogen-bond donors (Lipinski definition) is 1. The first-order chi connectivity index (χ1) is 9.16. The van der Waals surface area contributed by atoms with Crippen molar-refractivity contribution in [2.24, 2.45) is 0 Å². The number of rotatable bonds is 2. The zero-order valence-corrected chi connectivity index (χ0v) is 12.9. The monoisotopic (exact) mass is 379 g/mol. The van der Waals surface area contributed by atoms with E-state index in [1.165, 1.54) is 11.3 Å². The maximum Gasteiger partial charge on any atom is 0.196 e. The van der Waals surface area contributed by atoms with Crippen LogP contribution in [-0.2, 0) is 0 Å². The van der Waals surface area contributed by atoms with Crippen LogP contribution in [0.2, 0.25) is 0 Å². The van der Waals surface area contributed by atoms with Crippen LogP contribution in [0.4, 0.5) is 5.00 Å². The summed E-state index contributed by atoms with van der Waals surface area (Å²) in [5.74, 6) is -0.00801. The van der Waals surface area contributed by atoms with Gasteiger partial charge in [0.1, 0.15) is 0 Å². The van der Waals surface area contributed by atoms with E-state index in [0.717, 1.165) is 13.7 Å². The predicted molar refractivity (Wildman–Crippen MR) is 88.8 cm³/mol. The van der Waals surface area contributed by atoms with Crippen LogP contribution in [0.15, 0.2) is 48.5 Å². The van der Waals surface area contributed by atoms with Crippen molar-refractivity contribution in [2.75, 3.05) is 5.73 Å². The first-order valence-electron chi connectivity index (χ1n) is 5.74. The number of carbonyl (C=O) groups excluding carboxylic acids is 1. The Kier molecular flexibility index (Phi) is 3.28. The van der Waals surface area contributed by atoms with Crippen molar-refractivity contribution in [2.45, 2.75) is 0 Å². The fourth-order valence-corrected chi connectivity index (χ4v) is 3.37. The van der Waals surface area contributed by atoms with Crippen LogP contribution in [0.25, 0.3) is 10.1 Å². The molecule has 2 N–H and O–H groups in total. The van der Waals surface area contributed by atoms with E-state index in [4.69, 9.17) is 5.73 Å². The lowest BCUT2D eigenvalue weighted by molar-refractivity contribution is 0.104. The smallest absolute Gasteiger partial charge is 0.196 e. The highest BCUT2D eigenvalue weighted by Gasteiger charge is 2.18. The average Bonchev–Trinajstić information content (AvgIpc) is 2.74. The zero-order chi connectivity index (χ0) is 13.4. The van der Waals surface area contributed by atoms with Gasteiger partial charge in [0.2, 0.25) is 0 Å². The molecule has 0 radical (unpaired) electrons. The van der Waals surface area contributed by atoms with Crippen LogP contribution < -0.4 is 5.73 Å². The van der Waals surface area contributed by atoms with Gasteiger partial charge in [0.25, 0.3) is 0 Å². The van der Waals surface area contributed by atoms with E-state index in [1.54, 1.807) is 0 Å². The van der Waals surface area contributed by atoms with Crippen LogP contribution in [-0.4, -0.2) is 5.78 Å². The highest BCUT2D eigenvalue weighted by atomic mass is 127. The van der Waals surface area contributed by atoms with Gasteiger partial charge in [-0.1, -0.05) is 18.2 Å². The molecule has 0 aliphatic heterocycles. The number of anilines is 1. The van der Waals surface area contributed by atoms with E-state index < -0.39 is 0 Å². The molecule has 0 aliphatic carbocycles. The quantitative estimate of drug-likeness (QED) is 0.533. The minimum atomic E-state index is -0.00801. The Hall–Kier alpha value is -1.40. The SMILES string of the molecule is Nc1sc2ccccc2c1C(=O)c1ccc(I)cc1. The minimum Gasteiger partial charge on any atom is -0.390 e. The molecule has 0 spiro atoms. The lowest BCUT2D eigenvalue weighted by atomic mass is 10.0. The van der Waals surface area contributed by atoms with Crippen molar-refractivity contribution >= 4 is 54.8 Å². The Labute approximate surface area is 128 Å². The second-order valence-electron chi connectivity index (χ2n) is 4.17. The average molecular weight is 379 g/mol. The summed E-state index contributed by atoms with van der Waals surface area (Å²) in [7, 11) is 0. The lowest BCUT2D eigenvalue weighted by Crippen LogP contribution is -2.03. The molecule has 0 aliphatic rings. The second kappa shape index (κ2) is 4.94. The Morgan fingerprint density at radius 3 is 2.47 bits per heavy atom. The summed E-state index contributed by atoms with van der Waals surface area (Å²) in [6, 6.07) is 15.4. The van der Waals surface area contributed by atoms with Gasteiger partial charge >= 0.3 is 0 Å². The normalized spacial score (nSPS) is 10.8. The molecule has 0 fully saturated rings. The molecule has 0 saturated heterocycles. The van der Waals surface area contributed by atoms with Crippen molar-refractivity contribution in [1.29, 1.82) is 0 Å². The molecule has 19 heavy (non-hydrogen) atoms. The summed E-state index contributed by atoms with van der Waals surface area (Å²) in [6.07, 6.45) is 0. The van der Waals surface area contributed by atoms with Gasteiger partial charge in [-0.25, -0.2) is 0 Å². The van der Waals surface area contributed by atoms with E-state index in [0.29, 0.717) is 16.1 Å². The van der Waals surface area contributed by atoms with Gasteiger partial charge in [0.05, 0.1) is 10.6 Å². The molecule has 0 saturated carbocycles. The molecule has 1 heterocycles. The van der Waals surface area contributed by atoms with E-state index in [-0.39, 0.29) is 5.78 Å².